The Bertz CT molecular complexity index is 1450. The molecule has 1 saturated carbocycles. The molecule has 14 heteroatoms. The van der Waals surface area contributed by atoms with E-state index in [1.807, 2.05) is 0 Å². The first-order chi connectivity index (χ1) is 20.6. The number of amides is 1. The van der Waals surface area contributed by atoms with E-state index in [2.05, 4.69) is 10.1 Å². The Kier molecular flexibility index (Phi) is 10.7. The monoisotopic (exact) mass is 640 g/mol. The third-order valence-corrected chi connectivity index (χ3v) is 7.14. The Morgan fingerprint density at radius 1 is 1.00 bits per heavy atom. The zero-order chi connectivity index (χ0) is 31.1. The number of hydrogen-bond acceptors (Lipinski definition) is 8. The van der Waals surface area contributed by atoms with Crippen molar-refractivity contribution in [3.05, 3.63) is 80.7 Å². The molecule has 2 aromatic carbocycles. The van der Waals surface area contributed by atoms with Crippen molar-refractivity contribution in [2.24, 2.45) is 5.92 Å². The third kappa shape index (κ3) is 8.74. The van der Waals surface area contributed by atoms with Crippen LogP contribution in [0.4, 0.5) is 8.78 Å². The van der Waals surface area contributed by atoms with Crippen molar-refractivity contribution in [2.45, 2.75) is 32.0 Å². The van der Waals surface area contributed by atoms with E-state index in [9.17, 15) is 23.6 Å². The van der Waals surface area contributed by atoms with E-state index in [0.717, 1.165) is 25.2 Å². The maximum absolute atomic E-state index is 13.1. The lowest BCUT2D eigenvalue weighted by Crippen LogP contribution is -2.31. The van der Waals surface area contributed by atoms with Crippen molar-refractivity contribution in [1.82, 2.24) is 5.32 Å². The number of rotatable bonds is 14. The van der Waals surface area contributed by atoms with Gasteiger partial charge in [-0.1, -0.05) is 29.3 Å². The highest BCUT2D eigenvalue weighted by Gasteiger charge is 2.26. The largest absolute Gasteiger partial charge is 0.619 e. The van der Waals surface area contributed by atoms with Crippen molar-refractivity contribution in [1.29, 1.82) is 0 Å². The maximum atomic E-state index is 13.1. The molecule has 3 aromatic rings. The van der Waals surface area contributed by atoms with Gasteiger partial charge in [0.05, 0.1) is 20.8 Å². The van der Waals surface area contributed by atoms with Crippen LogP contribution in [0, 0.1) is 11.1 Å². The quantitative estimate of drug-likeness (QED) is 0.143. The predicted molar refractivity (Wildman–Crippen MR) is 151 cm³/mol. The van der Waals surface area contributed by atoms with Gasteiger partial charge in [0.25, 0.3) is 5.91 Å². The van der Waals surface area contributed by atoms with Gasteiger partial charge in [-0.05, 0) is 54.7 Å². The number of nitrogens with one attached hydrogen (secondary N) is 1. The second kappa shape index (κ2) is 14.4. The Balaban J connectivity index is 1.56. The van der Waals surface area contributed by atoms with Crippen LogP contribution in [-0.2, 0) is 16.0 Å². The first-order valence-electron chi connectivity index (χ1n) is 13.1. The Labute approximate surface area is 255 Å². The number of esters is 1. The lowest BCUT2D eigenvalue weighted by Gasteiger charge is -2.21. The molecular weight excluding hydrogens is 613 g/mol. The predicted octanol–water partition coefficient (Wildman–Crippen LogP) is 5.29. The summed E-state index contributed by atoms with van der Waals surface area (Å²) in [6, 6.07) is 8.64. The number of carbonyl (C=O) groups excluding carboxylic acids is 2. The molecule has 43 heavy (non-hydrogen) atoms. The molecule has 1 aliphatic carbocycles. The first-order valence-corrected chi connectivity index (χ1v) is 13.8. The van der Waals surface area contributed by atoms with Gasteiger partial charge in [-0.2, -0.15) is 13.5 Å². The molecule has 1 fully saturated rings. The molecule has 1 aromatic heterocycles. The summed E-state index contributed by atoms with van der Waals surface area (Å²) in [6.45, 7) is -3.30. The average molecular weight is 641 g/mol. The minimum atomic E-state index is -3.09. The zero-order valence-electron chi connectivity index (χ0n) is 23.1. The summed E-state index contributed by atoms with van der Waals surface area (Å²) in [5.41, 5.74) is 0.858. The maximum Gasteiger partial charge on any atom is 0.387 e. The van der Waals surface area contributed by atoms with Gasteiger partial charge in [0.2, 0.25) is 0 Å². The number of pyridine rings is 1. The molecule has 0 bridgehead atoms. The SMILES string of the molecule is COc1ccc(C(=O)NCC(=O)OC(Cc2c(Cl)c[n+]([O-])cc2Cl)c2ccc(OC(F)F)c(OCC3CC3)c2)cc1OC. The normalized spacial score (nSPS) is 13.3. The second-order valence-corrected chi connectivity index (χ2v) is 10.4. The number of ether oxygens (including phenoxy) is 5. The van der Waals surface area contributed by atoms with Crippen LogP contribution in [0.25, 0.3) is 0 Å². The van der Waals surface area contributed by atoms with Crippen LogP contribution < -0.4 is 29.0 Å². The van der Waals surface area contributed by atoms with E-state index in [1.54, 1.807) is 6.07 Å². The number of benzene rings is 2. The molecule has 1 aliphatic rings. The van der Waals surface area contributed by atoms with Gasteiger partial charge < -0.3 is 34.2 Å². The van der Waals surface area contributed by atoms with E-state index in [1.165, 1.54) is 44.6 Å². The van der Waals surface area contributed by atoms with Crippen molar-refractivity contribution < 1.29 is 46.8 Å². The molecule has 0 spiro atoms. The van der Waals surface area contributed by atoms with Gasteiger partial charge in [0.1, 0.15) is 22.7 Å². The topological polar surface area (TPSA) is 119 Å². The van der Waals surface area contributed by atoms with E-state index < -0.39 is 31.1 Å². The van der Waals surface area contributed by atoms with Crippen LogP contribution >= 0.6 is 23.2 Å². The third-order valence-electron chi connectivity index (χ3n) is 6.49. The Morgan fingerprint density at radius 3 is 2.30 bits per heavy atom. The molecule has 0 radical (unpaired) electrons. The molecule has 1 N–H and O–H groups in total. The second-order valence-electron chi connectivity index (χ2n) is 9.57. The summed E-state index contributed by atoms with van der Waals surface area (Å²) >= 11 is 12.6. The summed E-state index contributed by atoms with van der Waals surface area (Å²) in [6.07, 6.45) is 2.94. The van der Waals surface area contributed by atoms with E-state index in [0.29, 0.717) is 39.9 Å². The number of hydrogen-bond donors (Lipinski definition) is 1. The van der Waals surface area contributed by atoms with Crippen molar-refractivity contribution in [3.8, 4) is 23.0 Å². The zero-order valence-corrected chi connectivity index (χ0v) is 24.6. The fourth-order valence-corrected chi connectivity index (χ4v) is 4.69. The van der Waals surface area contributed by atoms with Crippen LogP contribution in [0.1, 0.15) is 40.4 Å². The van der Waals surface area contributed by atoms with Gasteiger partial charge >= 0.3 is 12.6 Å². The minimum absolute atomic E-state index is 0.0214. The summed E-state index contributed by atoms with van der Waals surface area (Å²) in [5, 5.41) is 14.3. The molecule has 1 amide bonds. The smallest absolute Gasteiger partial charge is 0.387 e. The number of alkyl halides is 2. The number of carbonyl (C=O) groups is 2. The van der Waals surface area contributed by atoms with E-state index in [-0.39, 0.29) is 33.5 Å². The van der Waals surface area contributed by atoms with Gasteiger partial charge in [0.15, 0.2) is 35.4 Å². The molecule has 0 aliphatic heterocycles. The molecule has 1 unspecified atom stereocenters. The van der Waals surface area contributed by atoms with Gasteiger partial charge in [-0.25, -0.2) is 0 Å². The minimum Gasteiger partial charge on any atom is -0.619 e. The number of halogens is 4. The van der Waals surface area contributed by atoms with Gasteiger partial charge in [-0.3, -0.25) is 9.59 Å². The van der Waals surface area contributed by atoms with Crippen molar-refractivity contribution in [2.75, 3.05) is 27.4 Å². The molecular formula is C29H28Cl2F2N2O8. The summed E-state index contributed by atoms with van der Waals surface area (Å²) < 4.78 is 53.0. The Hall–Kier alpha value is -4.03. The fourth-order valence-electron chi connectivity index (χ4n) is 4.09. The first kappa shape index (κ1) is 31.9. The van der Waals surface area contributed by atoms with Gasteiger partial charge in [0, 0.05) is 17.5 Å². The van der Waals surface area contributed by atoms with Crippen LogP contribution in [0.15, 0.2) is 48.8 Å². The number of aromatic nitrogens is 1. The summed E-state index contributed by atoms with van der Waals surface area (Å²) in [7, 11) is 2.88. The van der Waals surface area contributed by atoms with Crippen LogP contribution in [0.3, 0.4) is 0 Å². The van der Waals surface area contributed by atoms with E-state index >= 15 is 0 Å². The highest BCUT2D eigenvalue weighted by Crippen LogP contribution is 2.38. The van der Waals surface area contributed by atoms with Crippen molar-refractivity contribution >= 4 is 35.1 Å². The van der Waals surface area contributed by atoms with Crippen molar-refractivity contribution in [3.63, 3.8) is 0 Å². The van der Waals surface area contributed by atoms with E-state index in [4.69, 9.17) is 42.1 Å². The highest BCUT2D eigenvalue weighted by atomic mass is 35.5. The number of nitrogens with zero attached hydrogens (tertiary/aromatic N) is 1. The Morgan fingerprint density at radius 2 is 1.67 bits per heavy atom. The highest BCUT2D eigenvalue weighted by molar-refractivity contribution is 6.35. The molecule has 4 rings (SSSR count). The average Bonchev–Trinajstić information content (AvgIpc) is 3.80. The van der Waals surface area contributed by atoms with Gasteiger partial charge in [-0.15, -0.1) is 0 Å². The van der Waals surface area contributed by atoms with Crippen LogP contribution in [-0.4, -0.2) is 45.9 Å². The molecule has 1 atom stereocenters. The van der Waals surface area contributed by atoms with Crippen LogP contribution in [0.2, 0.25) is 10.0 Å². The lowest BCUT2D eigenvalue weighted by atomic mass is 10.0. The standard InChI is InChI=1S/C29H28Cl2F2N2O8/c1-39-22-7-6-18(10-25(22)40-2)28(37)34-12-27(36)42-24(11-19-20(30)13-35(38)14-21(19)31)17-5-8-23(43-29(32)33)26(9-17)41-15-16-3-4-16/h5-10,13-14,16,24,29H,3-4,11-12,15H2,1-2H3,(H,34,37). The molecule has 1 heterocycles. The fraction of sp³-hybridized carbons (Fsp3) is 0.345. The summed E-state index contributed by atoms with van der Waals surface area (Å²) in [5.74, 6) is -0.487. The molecule has 0 saturated heterocycles. The summed E-state index contributed by atoms with van der Waals surface area (Å²) in [4.78, 5) is 25.7. The van der Waals surface area contributed by atoms with Crippen LogP contribution in [0.5, 0.6) is 23.0 Å². The number of methoxy groups -OCH3 is 2. The molecule has 230 valence electrons. The lowest BCUT2D eigenvalue weighted by molar-refractivity contribution is -0.605. The molecule has 10 nitrogen and oxygen atoms in total.